The van der Waals surface area contributed by atoms with Crippen molar-refractivity contribution in [1.29, 1.82) is 0 Å². The van der Waals surface area contributed by atoms with E-state index in [4.69, 9.17) is 0 Å². The zero-order valence-electron chi connectivity index (χ0n) is 22.7. The summed E-state index contributed by atoms with van der Waals surface area (Å²) < 4.78 is 0. The highest BCUT2D eigenvalue weighted by molar-refractivity contribution is 5.88. The Bertz CT molecular complexity index is 1800. The van der Waals surface area contributed by atoms with E-state index in [-0.39, 0.29) is 0 Å². The minimum Gasteiger partial charge on any atom is -0.256 e. The van der Waals surface area contributed by atoms with Gasteiger partial charge in [0.05, 0.1) is 5.69 Å². The summed E-state index contributed by atoms with van der Waals surface area (Å²) in [6, 6.07) is 38.4. The van der Waals surface area contributed by atoms with Crippen LogP contribution in [0.5, 0.6) is 0 Å². The van der Waals surface area contributed by atoms with E-state index in [2.05, 4.69) is 164 Å². The van der Waals surface area contributed by atoms with Crippen molar-refractivity contribution in [3.63, 3.8) is 0 Å². The number of pyridine rings is 1. The van der Waals surface area contributed by atoms with Gasteiger partial charge in [0, 0.05) is 22.7 Å². The van der Waals surface area contributed by atoms with Gasteiger partial charge in [-0.1, -0.05) is 114 Å². The largest absolute Gasteiger partial charge is 0.256 e. The van der Waals surface area contributed by atoms with Crippen LogP contribution in [0.1, 0.15) is 44.6 Å². The maximum Gasteiger partial charge on any atom is 0.0636 e. The van der Waals surface area contributed by atoms with Crippen LogP contribution in [-0.4, -0.2) is 4.98 Å². The molecule has 0 atom stereocenters. The third-order valence-electron chi connectivity index (χ3n) is 7.03. The molecule has 0 N–H and O–H groups in total. The van der Waals surface area contributed by atoms with Gasteiger partial charge < -0.3 is 0 Å². The van der Waals surface area contributed by atoms with E-state index < -0.39 is 0 Å². The van der Waals surface area contributed by atoms with Crippen LogP contribution in [0.4, 0.5) is 0 Å². The molecule has 0 unspecified atom stereocenters. The Morgan fingerprint density at radius 2 is 0.925 bits per heavy atom. The third-order valence-corrected chi connectivity index (χ3v) is 7.03. The molecule has 0 aliphatic rings. The van der Waals surface area contributed by atoms with Crippen LogP contribution >= 0.6 is 0 Å². The lowest BCUT2D eigenvalue weighted by Crippen LogP contribution is -1.84. The van der Waals surface area contributed by atoms with Gasteiger partial charge in [0.15, 0.2) is 0 Å². The van der Waals surface area contributed by atoms with Gasteiger partial charge in [0.2, 0.25) is 0 Å². The van der Waals surface area contributed by atoms with Crippen LogP contribution < -0.4 is 0 Å². The third kappa shape index (κ3) is 6.09. The molecule has 0 radical (unpaired) electrons. The minimum atomic E-state index is 0.942. The van der Waals surface area contributed by atoms with E-state index >= 15 is 0 Å². The van der Waals surface area contributed by atoms with E-state index in [1.54, 1.807) is 0 Å². The lowest BCUT2D eigenvalue weighted by atomic mass is 10.0. The standard InChI is InChI=1S/C39H29N/c1-28-3-7-30(8-4-28)11-12-32-15-19-36-24-33(16-20-35(36)23-32)13-14-34-17-21-37-26-39(40-27-38(37)25-34)22-18-31-9-5-29(2)6-10-31/h3-12,15-27H,1-2H3. The Labute approximate surface area is 236 Å². The van der Waals surface area contributed by atoms with Gasteiger partial charge in [-0.2, -0.15) is 0 Å². The molecule has 1 heteroatoms. The summed E-state index contributed by atoms with van der Waals surface area (Å²) in [6.07, 6.45) is 10.4. The van der Waals surface area contributed by atoms with Crippen molar-refractivity contribution in [3.05, 3.63) is 160 Å². The first kappa shape index (κ1) is 25.1. The lowest BCUT2D eigenvalue weighted by Gasteiger charge is -2.02. The molecule has 40 heavy (non-hydrogen) atoms. The van der Waals surface area contributed by atoms with Crippen LogP contribution in [0.15, 0.2) is 115 Å². The molecular formula is C39H29N. The lowest BCUT2D eigenvalue weighted by molar-refractivity contribution is 1.33. The smallest absolute Gasteiger partial charge is 0.0636 e. The van der Waals surface area contributed by atoms with E-state index in [9.17, 15) is 0 Å². The summed E-state index contributed by atoms with van der Waals surface area (Å²) in [5.41, 5.74) is 9.02. The SMILES string of the molecule is Cc1ccc(C=Cc2ccc3cc(C#Cc4ccc5cc(C=Cc6ccc(C)cc6)ncc5c4)ccc3c2)cc1. The van der Waals surface area contributed by atoms with Crippen LogP contribution in [0, 0.1) is 25.7 Å². The molecule has 1 heterocycles. The topological polar surface area (TPSA) is 12.9 Å². The molecule has 0 spiro atoms. The summed E-state index contributed by atoms with van der Waals surface area (Å²) in [5.74, 6) is 6.68. The van der Waals surface area contributed by atoms with Gasteiger partial charge in [-0.15, -0.1) is 0 Å². The van der Waals surface area contributed by atoms with Crippen molar-refractivity contribution in [2.45, 2.75) is 13.8 Å². The highest BCUT2D eigenvalue weighted by atomic mass is 14.7. The fourth-order valence-electron chi connectivity index (χ4n) is 4.65. The van der Waals surface area contributed by atoms with Crippen molar-refractivity contribution in [1.82, 2.24) is 4.98 Å². The molecule has 1 aromatic heterocycles. The molecule has 0 saturated carbocycles. The highest BCUT2D eigenvalue weighted by Gasteiger charge is 2.00. The molecule has 0 aliphatic heterocycles. The van der Waals surface area contributed by atoms with E-state index in [1.807, 2.05) is 6.20 Å². The van der Waals surface area contributed by atoms with Crippen molar-refractivity contribution in [2.75, 3.05) is 0 Å². The fourth-order valence-corrected chi connectivity index (χ4v) is 4.65. The summed E-state index contributed by atoms with van der Waals surface area (Å²) >= 11 is 0. The molecule has 6 aromatic rings. The minimum absolute atomic E-state index is 0.942. The number of hydrogen-bond acceptors (Lipinski definition) is 1. The number of fused-ring (bicyclic) bond motifs is 2. The molecule has 0 bridgehead atoms. The van der Waals surface area contributed by atoms with E-state index in [0.29, 0.717) is 0 Å². The van der Waals surface area contributed by atoms with Crippen LogP contribution in [0.3, 0.4) is 0 Å². The van der Waals surface area contributed by atoms with Crippen molar-refractivity contribution < 1.29 is 0 Å². The van der Waals surface area contributed by atoms with Crippen LogP contribution in [-0.2, 0) is 0 Å². The Morgan fingerprint density at radius 3 is 1.57 bits per heavy atom. The molecule has 0 fully saturated rings. The zero-order chi connectivity index (χ0) is 27.3. The summed E-state index contributed by atoms with van der Waals surface area (Å²) in [7, 11) is 0. The average molecular weight is 512 g/mol. The molecule has 6 rings (SSSR count). The van der Waals surface area contributed by atoms with Gasteiger partial charge in [-0.25, -0.2) is 0 Å². The maximum absolute atomic E-state index is 4.63. The Kier molecular flexibility index (Phi) is 7.08. The van der Waals surface area contributed by atoms with Gasteiger partial charge in [0.25, 0.3) is 0 Å². The Hall–Kier alpha value is -5.19. The highest BCUT2D eigenvalue weighted by Crippen LogP contribution is 2.21. The summed E-state index contributed by atoms with van der Waals surface area (Å²) in [6.45, 7) is 4.21. The molecule has 0 amide bonds. The number of nitrogens with zero attached hydrogens (tertiary/aromatic N) is 1. The first-order chi connectivity index (χ1) is 19.6. The zero-order valence-corrected chi connectivity index (χ0v) is 22.7. The normalized spacial score (nSPS) is 11.3. The van der Waals surface area contributed by atoms with Gasteiger partial charge in [0.1, 0.15) is 0 Å². The number of rotatable bonds is 4. The van der Waals surface area contributed by atoms with Crippen molar-refractivity contribution in [2.24, 2.45) is 0 Å². The second kappa shape index (κ2) is 11.3. The molecule has 1 nitrogen and oxygen atoms in total. The predicted molar refractivity (Wildman–Crippen MR) is 172 cm³/mol. The Morgan fingerprint density at radius 1 is 0.450 bits per heavy atom. The predicted octanol–water partition coefficient (Wildman–Crippen LogP) is 9.75. The number of benzene rings is 5. The molecular weight excluding hydrogens is 482 g/mol. The average Bonchev–Trinajstić information content (AvgIpc) is 2.99. The quantitative estimate of drug-likeness (QED) is 0.170. The second-order valence-corrected chi connectivity index (χ2v) is 10.2. The van der Waals surface area contributed by atoms with E-state index in [0.717, 1.165) is 27.6 Å². The van der Waals surface area contributed by atoms with Crippen molar-refractivity contribution >= 4 is 45.8 Å². The monoisotopic (exact) mass is 511 g/mol. The second-order valence-electron chi connectivity index (χ2n) is 10.2. The van der Waals surface area contributed by atoms with Gasteiger partial charge >= 0.3 is 0 Å². The molecule has 190 valence electrons. The van der Waals surface area contributed by atoms with Crippen LogP contribution in [0.2, 0.25) is 0 Å². The maximum atomic E-state index is 4.63. The summed E-state index contributed by atoms with van der Waals surface area (Å²) in [5, 5.41) is 4.64. The summed E-state index contributed by atoms with van der Waals surface area (Å²) in [4.78, 5) is 4.63. The van der Waals surface area contributed by atoms with Gasteiger partial charge in [-0.05, 0) is 89.2 Å². The molecule has 5 aromatic carbocycles. The first-order valence-corrected chi connectivity index (χ1v) is 13.5. The van der Waals surface area contributed by atoms with Crippen molar-refractivity contribution in [3.8, 4) is 11.8 Å². The van der Waals surface area contributed by atoms with Gasteiger partial charge in [-0.3, -0.25) is 4.98 Å². The number of hydrogen-bond donors (Lipinski definition) is 0. The Balaban J connectivity index is 1.17. The molecule has 0 saturated heterocycles. The molecule has 0 aliphatic carbocycles. The van der Waals surface area contributed by atoms with Crippen LogP contribution in [0.25, 0.3) is 45.8 Å². The number of aromatic nitrogens is 1. The number of aryl methyl sites for hydroxylation is 2. The first-order valence-electron chi connectivity index (χ1n) is 13.5. The van der Waals surface area contributed by atoms with E-state index in [1.165, 1.54) is 38.6 Å². The fraction of sp³-hybridized carbons (Fsp3) is 0.0513.